The van der Waals surface area contributed by atoms with Gasteiger partial charge in [0, 0.05) is 28.2 Å². The smallest absolute Gasteiger partial charge is 0.274 e. The molecule has 0 unspecified atom stereocenters. The molecule has 0 spiro atoms. The van der Waals surface area contributed by atoms with E-state index >= 15 is 0 Å². The molecule has 1 fully saturated rings. The summed E-state index contributed by atoms with van der Waals surface area (Å²) in [5.41, 5.74) is 4.06. The second-order valence-electron chi connectivity index (χ2n) is 6.44. The lowest BCUT2D eigenvalue weighted by atomic mass is 10.1. The Balaban J connectivity index is 1.46. The van der Waals surface area contributed by atoms with E-state index in [1.54, 1.807) is 4.90 Å². The molecule has 0 atom stereocenters. The number of quaternary nitrogens is 1. The molecule has 3 heterocycles. The Kier molecular flexibility index (Phi) is 3.75. The van der Waals surface area contributed by atoms with E-state index in [0.717, 1.165) is 19.6 Å². The largest absolute Gasteiger partial charge is 0.358 e. The molecule has 0 aliphatic carbocycles. The van der Waals surface area contributed by atoms with Crippen molar-refractivity contribution >= 4 is 16.7 Å². The SMILES string of the molecule is Cc1[nH]c2ccccc2c1C[NH+]1CCN(c2cccc[nH+]2)CC1. The molecule has 3 N–H and O–H groups in total. The molecule has 1 saturated heterocycles. The quantitative estimate of drug-likeness (QED) is 0.749. The third kappa shape index (κ3) is 2.82. The summed E-state index contributed by atoms with van der Waals surface area (Å²) < 4.78 is 0. The maximum Gasteiger partial charge on any atom is 0.274 e. The van der Waals surface area contributed by atoms with Crippen LogP contribution in [0.15, 0.2) is 48.7 Å². The van der Waals surface area contributed by atoms with Crippen LogP contribution in [0, 0.1) is 6.92 Å². The first-order chi connectivity index (χ1) is 11.3. The highest BCUT2D eigenvalue weighted by molar-refractivity contribution is 5.84. The minimum absolute atomic E-state index is 1.11. The fourth-order valence-corrected chi connectivity index (χ4v) is 3.63. The van der Waals surface area contributed by atoms with E-state index in [9.17, 15) is 0 Å². The Bertz CT molecular complexity index is 785. The van der Waals surface area contributed by atoms with Crippen molar-refractivity contribution in [3.05, 3.63) is 59.9 Å². The van der Waals surface area contributed by atoms with E-state index in [4.69, 9.17) is 0 Å². The van der Waals surface area contributed by atoms with Crippen molar-refractivity contribution in [2.75, 3.05) is 31.1 Å². The number of aromatic nitrogens is 2. The van der Waals surface area contributed by atoms with Crippen LogP contribution >= 0.6 is 0 Å². The molecule has 1 aromatic carbocycles. The van der Waals surface area contributed by atoms with Crippen LogP contribution in [0.25, 0.3) is 10.9 Å². The molecule has 4 heteroatoms. The highest BCUT2D eigenvalue weighted by Gasteiger charge is 2.26. The second kappa shape index (κ2) is 6.05. The Morgan fingerprint density at radius 2 is 1.87 bits per heavy atom. The third-order valence-electron chi connectivity index (χ3n) is 4.96. The molecule has 3 aromatic rings. The van der Waals surface area contributed by atoms with Crippen LogP contribution in [0.2, 0.25) is 0 Å². The molecule has 4 rings (SSSR count). The molecule has 0 radical (unpaired) electrons. The third-order valence-corrected chi connectivity index (χ3v) is 4.96. The summed E-state index contributed by atoms with van der Waals surface area (Å²) in [4.78, 5) is 11.0. The van der Waals surface area contributed by atoms with Gasteiger partial charge in [-0.25, -0.2) is 4.98 Å². The lowest BCUT2D eigenvalue weighted by molar-refractivity contribution is -0.914. The van der Waals surface area contributed by atoms with Crippen LogP contribution in [0.5, 0.6) is 0 Å². The van der Waals surface area contributed by atoms with E-state index in [0.29, 0.717) is 0 Å². The predicted molar refractivity (Wildman–Crippen MR) is 92.6 cm³/mol. The highest BCUT2D eigenvalue weighted by Crippen LogP contribution is 2.21. The molecule has 0 saturated carbocycles. The summed E-state index contributed by atoms with van der Waals surface area (Å²) in [6.45, 7) is 7.89. The molecule has 23 heavy (non-hydrogen) atoms. The average Bonchev–Trinajstić information content (AvgIpc) is 2.92. The van der Waals surface area contributed by atoms with E-state index in [1.807, 2.05) is 12.3 Å². The average molecular weight is 308 g/mol. The van der Waals surface area contributed by atoms with Crippen molar-refractivity contribution in [3.63, 3.8) is 0 Å². The van der Waals surface area contributed by atoms with Gasteiger partial charge >= 0.3 is 0 Å². The summed E-state index contributed by atoms with van der Waals surface area (Å²) in [5.74, 6) is 1.23. The predicted octanol–water partition coefficient (Wildman–Crippen LogP) is 1.20. The Morgan fingerprint density at radius 1 is 1.09 bits per heavy atom. The van der Waals surface area contributed by atoms with Gasteiger partial charge in [-0.05, 0) is 19.1 Å². The van der Waals surface area contributed by atoms with Gasteiger partial charge in [-0.3, -0.25) is 4.90 Å². The van der Waals surface area contributed by atoms with Crippen molar-refractivity contribution < 1.29 is 9.88 Å². The van der Waals surface area contributed by atoms with E-state index in [1.165, 1.54) is 41.1 Å². The van der Waals surface area contributed by atoms with Gasteiger partial charge in [0.1, 0.15) is 32.7 Å². The molecule has 118 valence electrons. The van der Waals surface area contributed by atoms with Crippen LogP contribution in [0.1, 0.15) is 11.3 Å². The molecular weight excluding hydrogens is 284 g/mol. The number of aromatic amines is 2. The molecule has 0 amide bonds. The number of H-pyrrole nitrogens is 2. The van der Waals surface area contributed by atoms with E-state index in [2.05, 4.69) is 58.2 Å². The number of piperazine rings is 1. The fraction of sp³-hybridized carbons (Fsp3) is 0.316. The normalized spacial score (nSPS) is 16.1. The maximum atomic E-state index is 3.52. The molecule has 0 bridgehead atoms. The van der Waals surface area contributed by atoms with Crippen molar-refractivity contribution in [1.82, 2.24) is 4.98 Å². The minimum atomic E-state index is 1.11. The second-order valence-corrected chi connectivity index (χ2v) is 6.44. The highest BCUT2D eigenvalue weighted by atomic mass is 15.3. The summed E-state index contributed by atoms with van der Waals surface area (Å²) in [6.07, 6.45) is 2.00. The first-order valence-electron chi connectivity index (χ1n) is 8.42. The van der Waals surface area contributed by atoms with Crippen LogP contribution < -0.4 is 14.8 Å². The fourth-order valence-electron chi connectivity index (χ4n) is 3.63. The monoisotopic (exact) mass is 308 g/mol. The number of fused-ring (bicyclic) bond motifs is 1. The number of rotatable bonds is 3. The topological polar surface area (TPSA) is 37.6 Å². The van der Waals surface area contributed by atoms with Gasteiger partial charge in [0.15, 0.2) is 0 Å². The standard InChI is InChI=1S/C19H22N4/c1-15-17(16-6-2-3-7-18(16)21-15)14-22-10-12-23(13-11-22)19-8-4-5-9-20-19/h2-9,21H,10-14H2,1H3/p+2. The van der Waals surface area contributed by atoms with Crippen molar-refractivity contribution in [1.29, 1.82) is 0 Å². The maximum absolute atomic E-state index is 3.52. The number of aryl methyl sites for hydroxylation is 1. The number of nitrogens with zero attached hydrogens (tertiary/aromatic N) is 1. The summed E-state index contributed by atoms with van der Waals surface area (Å²) in [5, 5.41) is 1.39. The molecular formula is C19H24N4+2. The van der Waals surface area contributed by atoms with E-state index < -0.39 is 0 Å². The Hall–Kier alpha value is -2.33. The van der Waals surface area contributed by atoms with Crippen molar-refractivity contribution in [3.8, 4) is 0 Å². The first-order valence-corrected chi connectivity index (χ1v) is 8.42. The zero-order valence-electron chi connectivity index (χ0n) is 13.6. The Labute approximate surface area is 136 Å². The van der Waals surface area contributed by atoms with E-state index in [-0.39, 0.29) is 0 Å². The Morgan fingerprint density at radius 3 is 2.65 bits per heavy atom. The van der Waals surface area contributed by atoms with Crippen LogP contribution in [-0.4, -0.2) is 31.2 Å². The molecule has 1 aliphatic heterocycles. The van der Waals surface area contributed by atoms with Gasteiger partial charge in [0.2, 0.25) is 0 Å². The number of anilines is 1. The number of para-hydroxylation sites is 1. The number of hydrogen-bond acceptors (Lipinski definition) is 1. The zero-order chi connectivity index (χ0) is 15.6. The molecule has 1 aliphatic rings. The summed E-state index contributed by atoms with van der Waals surface area (Å²) in [7, 11) is 0. The van der Waals surface area contributed by atoms with Crippen molar-refractivity contribution in [2.24, 2.45) is 0 Å². The van der Waals surface area contributed by atoms with Gasteiger partial charge in [0.25, 0.3) is 5.82 Å². The van der Waals surface area contributed by atoms with Crippen LogP contribution in [0.3, 0.4) is 0 Å². The van der Waals surface area contributed by atoms with Crippen LogP contribution in [0.4, 0.5) is 5.82 Å². The number of pyridine rings is 1. The lowest BCUT2D eigenvalue weighted by Crippen LogP contribution is -3.13. The zero-order valence-corrected chi connectivity index (χ0v) is 13.6. The van der Waals surface area contributed by atoms with Gasteiger partial charge < -0.3 is 9.88 Å². The number of nitrogens with one attached hydrogen (secondary N) is 3. The first kappa shape index (κ1) is 14.3. The number of hydrogen-bond donors (Lipinski definition) is 2. The number of benzene rings is 1. The van der Waals surface area contributed by atoms with Gasteiger partial charge in [-0.15, -0.1) is 0 Å². The van der Waals surface area contributed by atoms with Crippen molar-refractivity contribution in [2.45, 2.75) is 13.5 Å². The summed E-state index contributed by atoms with van der Waals surface area (Å²) >= 11 is 0. The van der Waals surface area contributed by atoms with Gasteiger partial charge in [-0.2, -0.15) is 0 Å². The van der Waals surface area contributed by atoms with Gasteiger partial charge in [0.05, 0.1) is 6.20 Å². The van der Waals surface area contributed by atoms with Gasteiger partial charge in [-0.1, -0.05) is 24.3 Å². The summed E-state index contributed by atoms with van der Waals surface area (Å²) in [6, 6.07) is 14.9. The molecule has 4 nitrogen and oxygen atoms in total. The molecule has 2 aromatic heterocycles. The lowest BCUT2D eigenvalue weighted by Gasteiger charge is -2.28. The van der Waals surface area contributed by atoms with Crippen LogP contribution in [-0.2, 0) is 6.54 Å². The minimum Gasteiger partial charge on any atom is -0.358 e.